The summed E-state index contributed by atoms with van der Waals surface area (Å²) in [5.41, 5.74) is 1.80. The molecule has 0 bridgehead atoms. The van der Waals surface area contributed by atoms with Crippen molar-refractivity contribution in [2.24, 2.45) is 0 Å². The van der Waals surface area contributed by atoms with Crippen molar-refractivity contribution < 1.29 is 9.53 Å². The Labute approximate surface area is 144 Å². The molecule has 0 spiro atoms. The number of hydrogen-bond acceptors (Lipinski definition) is 5. The minimum absolute atomic E-state index is 0.0718. The first-order valence-electron chi connectivity index (χ1n) is 7.13. The predicted octanol–water partition coefficient (Wildman–Crippen LogP) is 3.03. The molecule has 0 aliphatic rings. The number of aryl methyl sites for hydroxylation is 2. The molecular formula is C16H18ClN3O2S. The Kier molecular flexibility index (Phi) is 6.67. The number of halogens is 1. The zero-order valence-electron chi connectivity index (χ0n) is 13.0. The number of thioether (sulfide) groups is 1. The summed E-state index contributed by atoms with van der Waals surface area (Å²) in [7, 11) is 0. The summed E-state index contributed by atoms with van der Waals surface area (Å²) in [6, 6.07) is 9.00. The topological polar surface area (TPSA) is 64.1 Å². The molecule has 2 aromatic rings. The van der Waals surface area contributed by atoms with Gasteiger partial charge in [0.2, 0.25) is 5.91 Å². The Balaban J connectivity index is 1.66. The average molecular weight is 352 g/mol. The molecule has 1 heterocycles. The monoisotopic (exact) mass is 351 g/mol. The van der Waals surface area contributed by atoms with Crippen LogP contribution in [0, 0.1) is 13.8 Å². The van der Waals surface area contributed by atoms with E-state index >= 15 is 0 Å². The van der Waals surface area contributed by atoms with Crippen LogP contribution in [-0.2, 0) is 4.79 Å². The van der Waals surface area contributed by atoms with Crippen LogP contribution in [-0.4, -0.2) is 34.8 Å². The average Bonchev–Trinajstić information content (AvgIpc) is 2.50. The van der Waals surface area contributed by atoms with E-state index in [0.717, 1.165) is 17.1 Å². The number of carbonyl (C=O) groups excluding carboxylic acids is 1. The summed E-state index contributed by atoms with van der Waals surface area (Å²) >= 11 is 7.12. The summed E-state index contributed by atoms with van der Waals surface area (Å²) in [6.45, 7) is 4.66. The molecule has 0 saturated carbocycles. The Morgan fingerprint density at radius 1 is 1.22 bits per heavy atom. The molecule has 0 fully saturated rings. The number of amides is 1. The van der Waals surface area contributed by atoms with Gasteiger partial charge in [-0.3, -0.25) is 4.79 Å². The fraction of sp³-hybridized carbons (Fsp3) is 0.312. The van der Waals surface area contributed by atoms with Crippen molar-refractivity contribution in [1.29, 1.82) is 0 Å². The van der Waals surface area contributed by atoms with Crippen LogP contribution in [0.2, 0.25) is 5.02 Å². The second-order valence-corrected chi connectivity index (χ2v) is 6.25. The van der Waals surface area contributed by atoms with Crippen LogP contribution in [0.4, 0.5) is 0 Å². The van der Waals surface area contributed by atoms with Crippen LogP contribution in [0.25, 0.3) is 0 Å². The van der Waals surface area contributed by atoms with E-state index in [0.29, 0.717) is 23.3 Å². The van der Waals surface area contributed by atoms with Gasteiger partial charge in [0, 0.05) is 16.4 Å². The highest BCUT2D eigenvalue weighted by Crippen LogP contribution is 2.15. The molecule has 1 aromatic heterocycles. The quantitative estimate of drug-likeness (QED) is 0.472. The van der Waals surface area contributed by atoms with Crippen molar-refractivity contribution in [2.45, 2.75) is 19.0 Å². The van der Waals surface area contributed by atoms with E-state index in [-0.39, 0.29) is 11.7 Å². The van der Waals surface area contributed by atoms with Gasteiger partial charge in [0.25, 0.3) is 0 Å². The van der Waals surface area contributed by atoms with Gasteiger partial charge in [-0.15, -0.1) is 0 Å². The molecule has 0 saturated heterocycles. The lowest BCUT2D eigenvalue weighted by molar-refractivity contribution is -0.118. The summed E-state index contributed by atoms with van der Waals surface area (Å²) in [5, 5.41) is 4.08. The largest absolute Gasteiger partial charge is 0.492 e. The highest BCUT2D eigenvalue weighted by atomic mass is 35.5. The van der Waals surface area contributed by atoms with Crippen LogP contribution in [0.1, 0.15) is 11.4 Å². The fourth-order valence-corrected chi connectivity index (χ4v) is 2.73. The van der Waals surface area contributed by atoms with Crippen molar-refractivity contribution in [3.05, 3.63) is 46.7 Å². The minimum atomic E-state index is -0.0718. The summed E-state index contributed by atoms with van der Waals surface area (Å²) in [5.74, 6) is 0.934. The molecular weight excluding hydrogens is 334 g/mol. The smallest absolute Gasteiger partial charge is 0.230 e. The third-order valence-corrected chi connectivity index (χ3v) is 3.90. The van der Waals surface area contributed by atoms with Crippen molar-refractivity contribution >= 4 is 29.3 Å². The van der Waals surface area contributed by atoms with E-state index in [1.54, 1.807) is 24.3 Å². The van der Waals surface area contributed by atoms with Gasteiger partial charge in [0.1, 0.15) is 12.4 Å². The molecule has 1 aromatic carbocycles. The molecule has 1 N–H and O–H groups in total. The lowest BCUT2D eigenvalue weighted by Gasteiger charge is -2.08. The number of benzene rings is 1. The normalized spacial score (nSPS) is 10.4. The first-order valence-corrected chi connectivity index (χ1v) is 8.49. The molecule has 1 amide bonds. The molecule has 2 rings (SSSR count). The number of nitrogens with one attached hydrogen (secondary N) is 1. The van der Waals surface area contributed by atoms with E-state index in [9.17, 15) is 4.79 Å². The maximum absolute atomic E-state index is 11.8. The standard InChI is InChI=1S/C16H18ClN3O2S/c1-11-9-12(2)20-16(19-11)23-10-15(21)18-7-8-22-14-5-3-13(17)4-6-14/h3-6,9H,7-8,10H2,1-2H3,(H,18,21). The third-order valence-electron chi connectivity index (χ3n) is 2.80. The zero-order chi connectivity index (χ0) is 16.7. The van der Waals surface area contributed by atoms with Crippen LogP contribution in [0.3, 0.4) is 0 Å². The number of hydrogen-bond donors (Lipinski definition) is 1. The van der Waals surface area contributed by atoms with Gasteiger partial charge in [-0.1, -0.05) is 23.4 Å². The third kappa shape index (κ3) is 6.46. The van der Waals surface area contributed by atoms with Gasteiger partial charge in [-0.2, -0.15) is 0 Å². The van der Waals surface area contributed by atoms with Crippen LogP contribution < -0.4 is 10.1 Å². The molecule has 5 nitrogen and oxygen atoms in total. The van der Waals surface area contributed by atoms with Crippen LogP contribution in [0.15, 0.2) is 35.5 Å². The minimum Gasteiger partial charge on any atom is -0.492 e. The van der Waals surface area contributed by atoms with Gasteiger partial charge >= 0.3 is 0 Å². The maximum atomic E-state index is 11.8. The molecule has 7 heteroatoms. The molecule has 23 heavy (non-hydrogen) atoms. The van der Waals surface area contributed by atoms with Crippen molar-refractivity contribution in [3.8, 4) is 5.75 Å². The Morgan fingerprint density at radius 2 is 1.87 bits per heavy atom. The highest BCUT2D eigenvalue weighted by molar-refractivity contribution is 7.99. The number of ether oxygens (including phenoxy) is 1. The highest BCUT2D eigenvalue weighted by Gasteiger charge is 2.05. The molecule has 0 unspecified atom stereocenters. The summed E-state index contributed by atoms with van der Waals surface area (Å²) < 4.78 is 5.50. The summed E-state index contributed by atoms with van der Waals surface area (Å²) in [6.07, 6.45) is 0. The zero-order valence-corrected chi connectivity index (χ0v) is 14.6. The lowest BCUT2D eigenvalue weighted by Crippen LogP contribution is -2.29. The molecule has 0 atom stereocenters. The van der Waals surface area contributed by atoms with Gasteiger partial charge < -0.3 is 10.1 Å². The van der Waals surface area contributed by atoms with Gasteiger partial charge in [0.05, 0.1) is 12.3 Å². The molecule has 0 aliphatic heterocycles. The second kappa shape index (κ2) is 8.74. The lowest BCUT2D eigenvalue weighted by atomic mass is 10.3. The van der Waals surface area contributed by atoms with E-state index in [2.05, 4.69) is 15.3 Å². The molecule has 0 radical (unpaired) electrons. The van der Waals surface area contributed by atoms with Crippen molar-refractivity contribution in [1.82, 2.24) is 15.3 Å². The SMILES string of the molecule is Cc1cc(C)nc(SCC(=O)NCCOc2ccc(Cl)cc2)n1. The summed E-state index contributed by atoms with van der Waals surface area (Å²) in [4.78, 5) is 20.4. The second-order valence-electron chi connectivity index (χ2n) is 4.87. The first-order chi connectivity index (χ1) is 11.0. The van der Waals surface area contributed by atoms with Crippen molar-refractivity contribution in [3.63, 3.8) is 0 Å². The van der Waals surface area contributed by atoms with Gasteiger partial charge in [0.15, 0.2) is 5.16 Å². The van der Waals surface area contributed by atoms with Crippen LogP contribution in [0.5, 0.6) is 5.75 Å². The molecule has 122 valence electrons. The number of nitrogens with zero attached hydrogens (tertiary/aromatic N) is 2. The number of aromatic nitrogens is 2. The first kappa shape index (κ1) is 17.6. The van der Waals surface area contributed by atoms with E-state index < -0.39 is 0 Å². The Morgan fingerprint density at radius 3 is 2.52 bits per heavy atom. The van der Waals surface area contributed by atoms with E-state index in [4.69, 9.17) is 16.3 Å². The van der Waals surface area contributed by atoms with Crippen LogP contribution >= 0.6 is 23.4 Å². The Bertz CT molecular complexity index is 645. The van der Waals surface area contributed by atoms with E-state index in [1.807, 2.05) is 19.9 Å². The molecule has 0 aliphatic carbocycles. The number of rotatable bonds is 7. The van der Waals surface area contributed by atoms with Gasteiger partial charge in [-0.05, 0) is 44.2 Å². The van der Waals surface area contributed by atoms with Crippen molar-refractivity contribution in [2.75, 3.05) is 18.9 Å². The number of carbonyl (C=O) groups is 1. The maximum Gasteiger partial charge on any atom is 0.230 e. The van der Waals surface area contributed by atoms with E-state index in [1.165, 1.54) is 11.8 Å². The van der Waals surface area contributed by atoms with Gasteiger partial charge in [-0.25, -0.2) is 9.97 Å². The fourth-order valence-electron chi connectivity index (χ4n) is 1.83. The Hall–Kier alpha value is -1.79. The predicted molar refractivity (Wildman–Crippen MR) is 92.2 cm³/mol.